The van der Waals surface area contributed by atoms with Crippen LogP contribution in [-0.2, 0) is 34.5 Å². The van der Waals surface area contributed by atoms with Crippen molar-refractivity contribution >= 4 is 16.9 Å². The normalized spacial score (nSPS) is 18.6. The number of nitrogens with one attached hydrogen (secondary N) is 1. The fourth-order valence-electron chi connectivity index (χ4n) is 6.98. The molecule has 0 aliphatic carbocycles. The Morgan fingerprint density at radius 3 is 2.38 bits per heavy atom. The Bertz CT molecular complexity index is 2080. The number of rotatable bonds is 8. The number of carbonyl (C=O) groups excluding carboxylic acids is 1. The van der Waals surface area contributed by atoms with E-state index >= 15 is 0 Å². The minimum absolute atomic E-state index is 0.0385. The molecule has 248 valence electrons. The van der Waals surface area contributed by atoms with Crippen LogP contribution in [0.5, 0.6) is 0 Å². The van der Waals surface area contributed by atoms with Crippen LogP contribution >= 0.6 is 0 Å². The maximum absolute atomic E-state index is 14.0. The quantitative estimate of drug-likeness (QED) is 0.257. The maximum atomic E-state index is 14.0. The smallest absolute Gasteiger partial charge is 0.326 e. The second-order valence-corrected chi connectivity index (χ2v) is 12.5. The summed E-state index contributed by atoms with van der Waals surface area (Å²) in [6.45, 7) is 3.01. The lowest BCUT2D eigenvalue weighted by Crippen LogP contribution is -2.42. The summed E-state index contributed by atoms with van der Waals surface area (Å²) in [7, 11) is 1.86. The summed E-state index contributed by atoms with van der Waals surface area (Å²) in [6.07, 6.45) is 2.59. The molecule has 0 bridgehead atoms. The van der Waals surface area contributed by atoms with Crippen LogP contribution < -0.4 is 11.2 Å². The molecule has 2 atom stereocenters. The molecule has 2 aromatic heterocycles. The number of aliphatic hydroxyl groups is 1. The van der Waals surface area contributed by atoms with Crippen LogP contribution in [0.1, 0.15) is 53.6 Å². The molecule has 7 rings (SSSR count). The summed E-state index contributed by atoms with van der Waals surface area (Å²) in [5.41, 5.74) is 5.19. The van der Waals surface area contributed by atoms with Crippen molar-refractivity contribution in [2.45, 2.75) is 57.6 Å². The first-order chi connectivity index (χ1) is 23.3. The Balaban J connectivity index is 1.15. The average molecular weight is 650 g/mol. The Hall–Kier alpha value is -5.13. The van der Waals surface area contributed by atoms with Gasteiger partial charge in [-0.2, -0.15) is 0 Å². The predicted molar refractivity (Wildman–Crippen MR) is 181 cm³/mol. The molecule has 2 N–H and O–H groups in total. The van der Waals surface area contributed by atoms with Crippen LogP contribution in [0.25, 0.3) is 16.7 Å². The number of fused-ring (bicyclic) bond motifs is 1. The number of allylic oxidation sites excluding steroid dienone is 1. The molecule has 2 aliphatic heterocycles. The van der Waals surface area contributed by atoms with E-state index in [1.807, 2.05) is 97.5 Å². The van der Waals surface area contributed by atoms with Gasteiger partial charge >= 0.3 is 5.69 Å². The van der Waals surface area contributed by atoms with E-state index < -0.39 is 12.2 Å². The van der Waals surface area contributed by atoms with Crippen molar-refractivity contribution in [3.63, 3.8) is 0 Å². The van der Waals surface area contributed by atoms with Crippen LogP contribution in [-0.4, -0.2) is 54.2 Å². The van der Waals surface area contributed by atoms with Gasteiger partial charge in [0.2, 0.25) is 6.29 Å². The SMILES string of the molecule is Cc1c([C@@H]2C=C(C(=O)N3CCC(n4c(=O)[nH]c5ccccc54)CC3)O[C@H](OCc3ccc(CO)cc3)C2)c(=O)n(-c2ccccc2)n1C. The molecule has 1 fully saturated rings. The lowest BCUT2D eigenvalue weighted by Gasteiger charge is -2.35. The molecule has 3 aromatic carbocycles. The highest BCUT2D eigenvalue weighted by molar-refractivity contribution is 5.92. The van der Waals surface area contributed by atoms with Crippen molar-refractivity contribution in [3.8, 4) is 5.69 Å². The van der Waals surface area contributed by atoms with Crippen LogP contribution in [0.4, 0.5) is 0 Å². The largest absolute Gasteiger partial charge is 0.459 e. The molecule has 48 heavy (non-hydrogen) atoms. The second-order valence-electron chi connectivity index (χ2n) is 12.5. The fraction of sp³-hybridized carbons (Fsp3) is 0.324. The number of aliphatic hydroxyl groups excluding tert-OH is 1. The number of aromatic amines is 1. The standard InChI is InChI=1S/C37H39N5O6/c1-24-34(36(45)42(39(24)2)29-8-4-3-5-9-29)27-20-32(48-33(21-27)47-23-26-14-12-25(22-43)13-15-26)35(44)40-18-16-28(17-19-40)41-31-11-7-6-10-30(31)38-37(41)46/h3-15,20,27-28,33,43H,16-19,21-23H2,1-2H3,(H,38,46)/t27-,33+/m1/s1. The Morgan fingerprint density at radius 2 is 1.65 bits per heavy atom. The van der Waals surface area contributed by atoms with Gasteiger partial charge in [0, 0.05) is 49.8 Å². The van der Waals surface area contributed by atoms with Gasteiger partial charge in [-0.05, 0) is 61.2 Å². The number of benzene rings is 3. The van der Waals surface area contributed by atoms with Crippen molar-refractivity contribution in [1.82, 2.24) is 23.8 Å². The molecule has 4 heterocycles. The Kier molecular flexibility index (Phi) is 8.63. The van der Waals surface area contributed by atoms with E-state index in [1.54, 1.807) is 20.2 Å². The Labute approximate surface area is 277 Å². The van der Waals surface area contributed by atoms with Crippen molar-refractivity contribution < 1.29 is 19.4 Å². The van der Waals surface area contributed by atoms with Gasteiger partial charge in [-0.15, -0.1) is 0 Å². The maximum Gasteiger partial charge on any atom is 0.326 e. The fourth-order valence-corrected chi connectivity index (χ4v) is 6.98. The third-order valence-corrected chi connectivity index (χ3v) is 9.62. The number of hydrogen-bond donors (Lipinski definition) is 2. The van der Waals surface area contributed by atoms with Crippen molar-refractivity contribution in [1.29, 1.82) is 0 Å². The minimum atomic E-state index is -0.775. The number of carbonyl (C=O) groups is 1. The first-order valence-electron chi connectivity index (χ1n) is 16.3. The highest BCUT2D eigenvalue weighted by Gasteiger charge is 2.36. The zero-order valence-electron chi connectivity index (χ0n) is 27.0. The molecule has 11 heteroatoms. The number of hydrogen-bond acceptors (Lipinski definition) is 6. The molecule has 1 saturated heterocycles. The van der Waals surface area contributed by atoms with Crippen molar-refractivity contribution in [2.24, 2.45) is 7.05 Å². The van der Waals surface area contributed by atoms with Crippen LogP contribution in [0.2, 0.25) is 0 Å². The summed E-state index contributed by atoms with van der Waals surface area (Å²) >= 11 is 0. The van der Waals surface area contributed by atoms with E-state index in [0.29, 0.717) is 37.9 Å². The zero-order valence-corrected chi connectivity index (χ0v) is 27.0. The van der Waals surface area contributed by atoms with Crippen LogP contribution in [0.3, 0.4) is 0 Å². The Morgan fingerprint density at radius 1 is 0.958 bits per heavy atom. The van der Waals surface area contributed by atoms with Gasteiger partial charge in [0.1, 0.15) is 0 Å². The number of H-pyrrole nitrogens is 1. The van der Waals surface area contributed by atoms with E-state index in [9.17, 15) is 19.5 Å². The number of piperidine rings is 1. The summed E-state index contributed by atoms with van der Waals surface area (Å²) in [5.74, 6) is -0.531. The van der Waals surface area contributed by atoms with Gasteiger partial charge in [-0.1, -0.05) is 54.6 Å². The van der Waals surface area contributed by atoms with Crippen molar-refractivity contribution in [3.05, 3.63) is 134 Å². The van der Waals surface area contributed by atoms with Gasteiger partial charge in [0.15, 0.2) is 5.76 Å². The number of likely N-dealkylation sites (tertiary alicyclic amines) is 1. The molecule has 0 spiro atoms. The molecule has 1 amide bonds. The first-order valence-corrected chi connectivity index (χ1v) is 16.3. The van der Waals surface area contributed by atoms with Crippen molar-refractivity contribution in [2.75, 3.05) is 13.1 Å². The summed E-state index contributed by atoms with van der Waals surface area (Å²) < 4.78 is 17.7. The third kappa shape index (κ3) is 5.91. The third-order valence-electron chi connectivity index (χ3n) is 9.62. The molecule has 2 aliphatic rings. The van der Waals surface area contributed by atoms with E-state index in [4.69, 9.17) is 9.47 Å². The zero-order chi connectivity index (χ0) is 33.4. The van der Waals surface area contributed by atoms with Crippen LogP contribution in [0, 0.1) is 6.92 Å². The topological polar surface area (TPSA) is 124 Å². The minimum Gasteiger partial charge on any atom is -0.459 e. The molecule has 0 radical (unpaired) electrons. The predicted octanol–water partition coefficient (Wildman–Crippen LogP) is 4.41. The van der Waals surface area contributed by atoms with Gasteiger partial charge in [-0.25, -0.2) is 9.48 Å². The molecule has 0 unspecified atom stereocenters. The number of aromatic nitrogens is 4. The molecular formula is C37H39N5O6. The monoisotopic (exact) mass is 649 g/mol. The number of ether oxygens (including phenoxy) is 2. The summed E-state index contributed by atoms with van der Waals surface area (Å²) in [6, 6.07) is 24.5. The number of nitrogens with zero attached hydrogens (tertiary/aromatic N) is 4. The number of para-hydroxylation sites is 3. The van der Waals surface area contributed by atoms with E-state index in [-0.39, 0.29) is 42.2 Å². The summed E-state index contributed by atoms with van der Waals surface area (Å²) in [4.78, 5) is 45.5. The lowest BCUT2D eigenvalue weighted by molar-refractivity contribution is -0.156. The highest BCUT2D eigenvalue weighted by Crippen LogP contribution is 2.34. The van der Waals surface area contributed by atoms with Gasteiger partial charge in [0.05, 0.1) is 29.9 Å². The molecule has 11 nitrogen and oxygen atoms in total. The van der Waals surface area contributed by atoms with E-state index in [0.717, 1.165) is 33.5 Å². The second kappa shape index (κ2) is 13.2. The first kappa shape index (κ1) is 31.5. The van der Waals surface area contributed by atoms with E-state index in [1.165, 1.54) is 0 Å². The lowest BCUT2D eigenvalue weighted by atomic mass is 9.92. The van der Waals surface area contributed by atoms with E-state index in [2.05, 4.69) is 4.98 Å². The average Bonchev–Trinajstić information content (AvgIpc) is 3.57. The molecule has 5 aromatic rings. The number of amides is 1. The van der Waals surface area contributed by atoms with Gasteiger partial charge < -0.3 is 24.5 Å². The molecular weight excluding hydrogens is 610 g/mol. The number of imidazole rings is 1. The highest BCUT2D eigenvalue weighted by atomic mass is 16.7. The summed E-state index contributed by atoms with van der Waals surface area (Å²) in [5, 5.41) is 9.40. The van der Waals surface area contributed by atoms with Crippen LogP contribution in [0.15, 0.2) is 100 Å². The molecule has 0 saturated carbocycles. The van der Waals surface area contributed by atoms with Gasteiger partial charge in [0.25, 0.3) is 11.5 Å². The van der Waals surface area contributed by atoms with Gasteiger partial charge in [-0.3, -0.25) is 18.8 Å².